The molecule has 3 rings (SSSR count). The fraction of sp³-hybridized carbons (Fsp3) is 0.235. The van der Waals surface area contributed by atoms with Crippen LogP contribution in [-0.2, 0) is 0 Å². The third-order valence-corrected chi connectivity index (χ3v) is 4.09. The van der Waals surface area contributed by atoms with Gasteiger partial charge in [0, 0.05) is 5.56 Å². The molecule has 0 aromatic heterocycles. The van der Waals surface area contributed by atoms with Crippen molar-refractivity contribution in [3.05, 3.63) is 70.9 Å². The van der Waals surface area contributed by atoms with E-state index in [1.165, 1.54) is 6.07 Å². The molecular formula is C17H18N2O3. The van der Waals surface area contributed by atoms with E-state index in [0.29, 0.717) is 11.3 Å². The zero-order valence-corrected chi connectivity index (χ0v) is 12.5. The first-order chi connectivity index (χ1) is 10.4. The number of nitrogens with zero attached hydrogens (tertiary/aromatic N) is 2. The van der Waals surface area contributed by atoms with Gasteiger partial charge in [-0.2, -0.15) is 4.74 Å². The van der Waals surface area contributed by atoms with E-state index in [-0.39, 0.29) is 5.75 Å². The van der Waals surface area contributed by atoms with Gasteiger partial charge >= 0.3 is 0 Å². The lowest BCUT2D eigenvalue weighted by Gasteiger charge is -2.25. The molecule has 5 heteroatoms. The maximum Gasteiger partial charge on any atom is 0.271 e. The lowest BCUT2D eigenvalue weighted by Crippen LogP contribution is -2.44. The van der Waals surface area contributed by atoms with Crippen molar-refractivity contribution >= 4 is 5.71 Å². The predicted octanol–water partition coefficient (Wildman–Crippen LogP) is 2.87. The summed E-state index contributed by atoms with van der Waals surface area (Å²) in [5, 5.41) is 34.4. The molecule has 2 N–H and O–H groups in total. The fourth-order valence-corrected chi connectivity index (χ4v) is 2.95. The highest BCUT2D eigenvalue weighted by atomic mass is 16.5. The summed E-state index contributed by atoms with van der Waals surface area (Å²) in [7, 11) is 0. The number of phenolic OH excluding ortho intramolecular Hbond substituents is 1. The molecule has 0 bridgehead atoms. The van der Waals surface area contributed by atoms with Crippen molar-refractivity contribution in [2.24, 2.45) is 0 Å². The van der Waals surface area contributed by atoms with Gasteiger partial charge in [0.25, 0.3) is 6.17 Å². The molecule has 0 spiro atoms. The predicted molar refractivity (Wildman–Crippen MR) is 82.7 cm³/mol. The lowest BCUT2D eigenvalue weighted by molar-refractivity contribution is -0.544. The number of hydrogen-bond acceptors (Lipinski definition) is 4. The van der Waals surface area contributed by atoms with Gasteiger partial charge in [0.1, 0.15) is 11.3 Å². The Bertz CT molecular complexity index is 726. The van der Waals surface area contributed by atoms with Crippen LogP contribution in [0.3, 0.4) is 0 Å². The van der Waals surface area contributed by atoms with Crippen molar-refractivity contribution in [3.8, 4) is 5.75 Å². The summed E-state index contributed by atoms with van der Waals surface area (Å²) in [6, 6.07) is 15.8. The summed E-state index contributed by atoms with van der Waals surface area (Å²) in [6.07, 6.45) is -0.980. The number of phenols is 1. The smallest absolute Gasteiger partial charge is 0.271 e. The zero-order valence-electron chi connectivity index (χ0n) is 12.5. The summed E-state index contributed by atoms with van der Waals surface area (Å²) >= 11 is 0. The van der Waals surface area contributed by atoms with E-state index >= 15 is 0 Å². The van der Waals surface area contributed by atoms with E-state index in [2.05, 4.69) is 0 Å². The highest BCUT2D eigenvalue weighted by molar-refractivity contribution is 6.04. The zero-order chi connectivity index (χ0) is 15.9. The molecule has 1 heterocycles. The van der Waals surface area contributed by atoms with Gasteiger partial charge in [0.05, 0.1) is 5.56 Å². The molecule has 2 aromatic carbocycles. The molecule has 0 radical (unpaired) electrons. The summed E-state index contributed by atoms with van der Waals surface area (Å²) in [4.78, 5) is 0. The SMILES string of the molecule is CC1(C)C(c2ccccc2)=[N+]([O-])[C@H](c2ccccc2O)N1O. The van der Waals surface area contributed by atoms with E-state index in [1.807, 2.05) is 30.3 Å². The second-order valence-corrected chi connectivity index (χ2v) is 5.88. The molecule has 0 unspecified atom stereocenters. The average molecular weight is 298 g/mol. The summed E-state index contributed by atoms with van der Waals surface area (Å²) in [5.74, 6) is -0.0162. The van der Waals surface area contributed by atoms with Crippen LogP contribution in [0, 0.1) is 5.21 Å². The third-order valence-electron chi connectivity index (χ3n) is 4.09. The van der Waals surface area contributed by atoms with Crippen LogP contribution in [0.25, 0.3) is 0 Å². The average Bonchev–Trinajstić information content (AvgIpc) is 2.67. The molecule has 0 aliphatic carbocycles. The topological polar surface area (TPSA) is 69.8 Å². The molecule has 0 saturated heterocycles. The first-order valence-corrected chi connectivity index (χ1v) is 7.10. The van der Waals surface area contributed by atoms with Crippen LogP contribution in [0.1, 0.15) is 31.1 Å². The van der Waals surface area contributed by atoms with E-state index in [1.54, 1.807) is 32.0 Å². The highest BCUT2D eigenvalue weighted by Gasteiger charge is 2.53. The number of para-hydroxylation sites is 1. The Balaban J connectivity index is 2.18. The number of benzene rings is 2. The molecule has 0 amide bonds. The van der Waals surface area contributed by atoms with Gasteiger partial charge in [0.2, 0.25) is 5.71 Å². The normalized spacial score (nSPS) is 21.3. The van der Waals surface area contributed by atoms with Gasteiger partial charge < -0.3 is 15.5 Å². The van der Waals surface area contributed by atoms with Crippen molar-refractivity contribution in [1.82, 2.24) is 5.06 Å². The minimum atomic E-state index is -0.980. The van der Waals surface area contributed by atoms with E-state index in [4.69, 9.17) is 0 Å². The van der Waals surface area contributed by atoms with Crippen LogP contribution in [-0.4, -0.2) is 31.4 Å². The molecule has 1 aliphatic heterocycles. The minimum absolute atomic E-state index is 0.0162. The number of hydroxylamine groups is 3. The van der Waals surface area contributed by atoms with Gasteiger partial charge in [-0.15, -0.1) is 5.06 Å². The molecule has 2 aromatic rings. The van der Waals surface area contributed by atoms with E-state index in [0.717, 1.165) is 15.4 Å². The number of aromatic hydroxyl groups is 1. The second-order valence-electron chi connectivity index (χ2n) is 5.88. The van der Waals surface area contributed by atoms with Gasteiger partial charge in [-0.3, -0.25) is 0 Å². The Hall–Kier alpha value is -2.37. The molecule has 0 saturated carbocycles. The maximum absolute atomic E-state index is 12.9. The summed E-state index contributed by atoms with van der Waals surface area (Å²) in [6.45, 7) is 3.56. The Morgan fingerprint density at radius 3 is 2.27 bits per heavy atom. The Morgan fingerprint density at radius 1 is 1.05 bits per heavy atom. The minimum Gasteiger partial charge on any atom is -0.622 e. The number of rotatable bonds is 2. The fourth-order valence-electron chi connectivity index (χ4n) is 2.95. The van der Waals surface area contributed by atoms with Crippen molar-refractivity contribution in [3.63, 3.8) is 0 Å². The van der Waals surface area contributed by atoms with Crippen LogP contribution in [0.5, 0.6) is 5.75 Å². The lowest BCUT2D eigenvalue weighted by atomic mass is 9.93. The Kier molecular flexibility index (Phi) is 3.39. The van der Waals surface area contributed by atoms with Crippen molar-refractivity contribution in [1.29, 1.82) is 0 Å². The van der Waals surface area contributed by atoms with E-state index < -0.39 is 11.7 Å². The van der Waals surface area contributed by atoms with Crippen molar-refractivity contribution < 1.29 is 15.1 Å². The Labute approximate surface area is 128 Å². The number of hydrogen-bond donors (Lipinski definition) is 2. The molecule has 5 nitrogen and oxygen atoms in total. The van der Waals surface area contributed by atoms with Crippen molar-refractivity contribution in [2.75, 3.05) is 0 Å². The molecule has 22 heavy (non-hydrogen) atoms. The molecule has 1 aliphatic rings. The quantitative estimate of drug-likeness (QED) is 0.660. The van der Waals surface area contributed by atoms with Gasteiger partial charge in [-0.25, -0.2) is 0 Å². The van der Waals surface area contributed by atoms with Crippen LogP contribution < -0.4 is 0 Å². The van der Waals surface area contributed by atoms with Crippen molar-refractivity contribution in [2.45, 2.75) is 25.6 Å². The monoisotopic (exact) mass is 298 g/mol. The first kappa shape index (κ1) is 14.6. The molecular weight excluding hydrogens is 280 g/mol. The first-order valence-electron chi connectivity index (χ1n) is 7.10. The van der Waals surface area contributed by atoms with Gasteiger partial charge in [0.15, 0.2) is 0 Å². The Morgan fingerprint density at radius 2 is 1.64 bits per heavy atom. The maximum atomic E-state index is 12.9. The van der Waals surface area contributed by atoms with Gasteiger partial charge in [-0.1, -0.05) is 30.3 Å². The molecule has 0 fully saturated rings. The van der Waals surface area contributed by atoms with Crippen LogP contribution >= 0.6 is 0 Å². The van der Waals surface area contributed by atoms with Crippen LogP contribution in [0.2, 0.25) is 0 Å². The van der Waals surface area contributed by atoms with Crippen LogP contribution in [0.4, 0.5) is 0 Å². The second kappa shape index (κ2) is 5.12. The van der Waals surface area contributed by atoms with Gasteiger partial charge in [-0.05, 0) is 38.1 Å². The highest BCUT2D eigenvalue weighted by Crippen LogP contribution is 2.39. The summed E-state index contributed by atoms with van der Waals surface area (Å²) < 4.78 is 0.768. The summed E-state index contributed by atoms with van der Waals surface area (Å²) in [5.41, 5.74) is 0.707. The standard InChI is InChI=1S/C17H18N2O3/c1-17(2)15(12-8-4-3-5-9-12)18(21)16(19(17)22)13-10-6-7-11-14(13)20/h3-11,16,20,22H,1-2H3/t16-/m0/s1. The molecule has 1 atom stereocenters. The largest absolute Gasteiger partial charge is 0.622 e. The van der Waals surface area contributed by atoms with E-state index in [9.17, 15) is 15.5 Å². The third kappa shape index (κ3) is 2.06. The molecule has 114 valence electrons. The van der Waals surface area contributed by atoms with Crippen LogP contribution in [0.15, 0.2) is 54.6 Å².